The van der Waals surface area contributed by atoms with Gasteiger partial charge in [-0.3, -0.25) is 9.59 Å². The standard InChI is InChI=1S/C14H17ClFN3O2/c15-11-7-9(1-2-12(11)16)14(21)19(8-13(17)20)10-3-5-18-6-4-10/h1-2,7,10,18H,3-6,8H2,(H2,17,20). The summed E-state index contributed by atoms with van der Waals surface area (Å²) in [4.78, 5) is 25.2. The number of halogens is 2. The summed E-state index contributed by atoms with van der Waals surface area (Å²) in [5, 5.41) is 3.07. The van der Waals surface area contributed by atoms with E-state index in [-0.39, 0.29) is 29.1 Å². The molecule has 0 saturated carbocycles. The Morgan fingerprint density at radius 2 is 2.05 bits per heavy atom. The van der Waals surface area contributed by atoms with E-state index < -0.39 is 11.7 Å². The first-order chi connectivity index (χ1) is 9.99. The van der Waals surface area contributed by atoms with E-state index in [4.69, 9.17) is 17.3 Å². The van der Waals surface area contributed by atoms with Gasteiger partial charge in [-0.15, -0.1) is 0 Å². The van der Waals surface area contributed by atoms with Gasteiger partial charge in [-0.05, 0) is 44.1 Å². The minimum Gasteiger partial charge on any atom is -0.368 e. The molecular formula is C14H17ClFN3O2. The summed E-state index contributed by atoms with van der Waals surface area (Å²) in [6, 6.07) is 3.71. The van der Waals surface area contributed by atoms with Crippen LogP contribution >= 0.6 is 11.6 Å². The first kappa shape index (κ1) is 15.7. The third kappa shape index (κ3) is 3.92. The van der Waals surface area contributed by atoms with E-state index >= 15 is 0 Å². The molecular weight excluding hydrogens is 297 g/mol. The van der Waals surface area contributed by atoms with E-state index in [2.05, 4.69) is 5.32 Å². The second-order valence-corrected chi connectivity index (χ2v) is 5.42. The monoisotopic (exact) mass is 313 g/mol. The van der Waals surface area contributed by atoms with E-state index in [1.165, 1.54) is 17.0 Å². The molecule has 1 fully saturated rings. The molecule has 1 aliphatic heterocycles. The molecule has 0 aliphatic carbocycles. The maximum absolute atomic E-state index is 13.2. The predicted molar refractivity (Wildman–Crippen MR) is 77.5 cm³/mol. The summed E-state index contributed by atoms with van der Waals surface area (Å²) >= 11 is 5.71. The van der Waals surface area contributed by atoms with Gasteiger partial charge < -0.3 is 16.0 Å². The molecule has 1 aromatic rings. The first-order valence-electron chi connectivity index (χ1n) is 6.74. The predicted octanol–water partition coefficient (Wildman–Crippen LogP) is 1.16. The number of piperidine rings is 1. The van der Waals surface area contributed by atoms with Gasteiger partial charge >= 0.3 is 0 Å². The van der Waals surface area contributed by atoms with Crippen LogP contribution in [0.2, 0.25) is 5.02 Å². The number of primary amides is 1. The molecule has 1 saturated heterocycles. The Bertz CT molecular complexity index is 547. The summed E-state index contributed by atoms with van der Waals surface area (Å²) in [6.07, 6.45) is 1.49. The van der Waals surface area contributed by atoms with Crippen LogP contribution in [0, 0.1) is 5.82 Å². The van der Waals surface area contributed by atoms with Crippen molar-refractivity contribution in [2.24, 2.45) is 5.73 Å². The number of hydrogen-bond donors (Lipinski definition) is 2. The molecule has 114 valence electrons. The van der Waals surface area contributed by atoms with Crippen LogP contribution in [0.25, 0.3) is 0 Å². The zero-order valence-electron chi connectivity index (χ0n) is 11.4. The van der Waals surface area contributed by atoms with Gasteiger partial charge in [0.05, 0.1) is 11.6 Å². The van der Waals surface area contributed by atoms with E-state index in [0.29, 0.717) is 0 Å². The molecule has 1 aromatic carbocycles. The van der Waals surface area contributed by atoms with Crippen molar-refractivity contribution in [3.8, 4) is 0 Å². The average molecular weight is 314 g/mol. The molecule has 0 aromatic heterocycles. The number of nitrogens with one attached hydrogen (secondary N) is 1. The zero-order valence-corrected chi connectivity index (χ0v) is 12.2. The molecule has 1 aliphatic rings. The molecule has 2 amide bonds. The number of nitrogens with two attached hydrogens (primary N) is 1. The van der Waals surface area contributed by atoms with Crippen LogP contribution in [-0.4, -0.2) is 42.4 Å². The Morgan fingerprint density at radius 1 is 1.38 bits per heavy atom. The number of carbonyl (C=O) groups is 2. The highest BCUT2D eigenvalue weighted by atomic mass is 35.5. The van der Waals surface area contributed by atoms with Crippen LogP contribution in [0.3, 0.4) is 0 Å². The van der Waals surface area contributed by atoms with Gasteiger partial charge in [0.15, 0.2) is 0 Å². The van der Waals surface area contributed by atoms with Crippen molar-refractivity contribution in [3.63, 3.8) is 0 Å². The second-order valence-electron chi connectivity index (χ2n) is 5.01. The first-order valence-corrected chi connectivity index (χ1v) is 7.12. The maximum Gasteiger partial charge on any atom is 0.254 e. The highest BCUT2D eigenvalue weighted by Gasteiger charge is 2.27. The molecule has 7 heteroatoms. The summed E-state index contributed by atoms with van der Waals surface area (Å²) in [6.45, 7) is 1.40. The van der Waals surface area contributed by atoms with Crippen LogP contribution in [0.4, 0.5) is 4.39 Å². The van der Waals surface area contributed by atoms with Gasteiger partial charge in [-0.25, -0.2) is 4.39 Å². The lowest BCUT2D eigenvalue weighted by Gasteiger charge is -2.34. The quantitative estimate of drug-likeness (QED) is 0.876. The normalized spacial score (nSPS) is 15.7. The Kier molecular flexibility index (Phi) is 5.14. The molecule has 0 bridgehead atoms. The van der Waals surface area contributed by atoms with E-state index in [0.717, 1.165) is 32.0 Å². The number of hydrogen-bond acceptors (Lipinski definition) is 3. The molecule has 1 heterocycles. The van der Waals surface area contributed by atoms with Gasteiger partial charge in [0, 0.05) is 11.6 Å². The van der Waals surface area contributed by atoms with Crippen LogP contribution in [0.5, 0.6) is 0 Å². The molecule has 5 nitrogen and oxygen atoms in total. The fraction of sp³-hybridized carbons (Fsp3) is 0.429. The Hall–Kier alpha value is -1.66. The number of benzene rings is 1. The molecule has 0 spiro atoms. The van der Waals surface area contributed by atoms with Crippen molar-refractivity contribution >= 4 is 23.4 Å². The van der Waals surface area contributed by atoms with Gasteiger partial charge in [-0.1, -0.05) is 11.6 Å². The van der Waals surface area contributed by atoms with Crippen molar-refractivity contribution in [2.75, 3.05) is 19.6 Å². The topological polar surface area (TPSA) is 75.4 Å². The van der Waals surface area contributed by atoms with Gasteiger partial charge in [-0.2, -0.15) is 0 Å². The summed E-state index contributed by atoms with van der Waals surface area (Å²) in [5.41, 5.74) is 5.49. The van der Waals surface area contributed by atoms with Crippen molar-refractivity contribution in [3.05, 3.63) is 34.6 Å². The number of rotatable bonds is 4. The number of nitrogens with zero attached hydrogens (tertiary/aromatic N) is 1. The van der Waals surface area contributed by atoms with Gasteiger partial charge in [0.1, 0.15) is 5.82 Å². The molecule has 0 atom stereocenters. The molecule has 2 rings (SSSR count). The molecule has 0 unspecified atom stereocenters. The number of carbonyl (C=O) groups excluding carboxylic acids is 2. The summed E-state index contributed by atoms with van der Waals surface area (Å²) in [7, 11) is 0. The van der Waals surface area contributed by atoms with Crippen molar-refractivity contribution < 1.29 is 14.0 Å². The van der Waals surface area contributed by atoms with Crippen molar-refractivity contribution in [1.82, 2.24) is 10.2 Å². The average Bonchev–Trinajstić information content (AvgIpc) is 2.47. The largest absolute Gasteiger partial charge is 0.368 e. The third-order valence-corrected chi connectivity index (χ3v) is 3.79. The van der Waals surface area contributed by atoms with E-state index in [9.17, 15) is 14.0 Å². The second kappa shape index (κ2) is 6.87. The highest BCUT2D eigenvalue weighted by Crippen LogP contribution is 2.20. The fourth-order valence-electron chi connectivity index (χ4n) is 2.45. The molecule has 3 N–H and O–H groups in total. The summed E-state index contributed by atoms with van der Waals surface area (Å²) < 4.78 is 13.2. The Morgan fingerprint density at radius 3 is 2.62 bits per heavy atom. The molecule has 21 heavy (non-hydrogen) atoms. The van der Waals surface area contributed by atoms with Crippen molar-refractivity contribution in [1.29, 1.82) is 0 Å². The SMILES string of the molecule is NC(=O)CN(C(=O)c1ccc(F)c(Cl)c1)C1CCNCC1. The third-order valence-electron chi connectivity index (χ3n) is 3.50. The fourth-order valence-corrected chi connectivity index (χ4v) is 2.63. The lowest BCUT2D eigenvalue weighted by molar-refractivity contribution is -0.119. The van der Waals surface area contributed by atoms with E-state index in [1.807, 2.05) is 0 Å². The molecule has 0 radical (unpaired) electrons. The smallest absolute Gasteiger partial charge is 0.254 e. The Balaban J connectivity index is 2.23. The van der Waals surface area contributed by atoms with Crippen LogP contribution in [-0.2, 0) is 4.79 Å². The lowest BCUT2D eigenvalue weighted by Crippen LogP contribution is -2.49. The van der Waals surface area contributed by atoms with Crippen LogP contribution < -0.4 is 11.1 Å². The lowest BCUT2D eigenvalue weighted by atomic mass is 10.0. The maximum atomic E-state index is 13.2. The summed E-state index contributed by atoms with van der Waals surface area (Å²) in [5.74, 6) is -1.52. The van der Waals surface area contributed by atoms with Crippen LogP contribution in [0.15, 0.2) is 18.2 Å². The highest BCUT2D eigenvalue weighted by molar-refractivity contribution is 6.31. The van der Waals surface area contributed by atoms with Crippen molar-refractivity contribution in [2.45, 2.75) is 18.9 Å². The van der Waals surface area contributed by atoms with E-state index in [1.54, 1.807) is 0 Å². The Labute approximate surface area is 127 Å². The minimum atomic E-state index is -0.587. The van der Waals surface area contributed by atoms with Crippen LogP contribution in [0.1, 0.15) is 23.2 Å². The van der Waals surface area contributed by atoms with Gasteiger partial charge in [0.2, 0.25) is 5.91 Å². The zero-order chi connectivity index (χ0) is 15.4. The minimum absolute atomic E-state index is 0.0601. The van der Waals surface area contributed by atoms with Gasteiger partial charge in [0.25, 0.3) is 5.91 Å². The number of amides is 2.